The van der Waals surface area contributed by atoms with E-state index in [0.717, 1.165) is 0 Å². The van der Waals surface area contributed by atoms with Gasteiger partial charge in [-0.1, -0.05) is 70.4 Å². The molecule has 0 N–H and O–H groups in total. The first-order valence-electron chi connectivity index (χ1n) is 5.25. The van der Waals surface area contributed by atoms with Crippen LogP contribution in [0.3, 0.4) is 0 Å². The van der Waals surface area contributed by atoms with Crippen LogP contribution in [0.15, 0.2) is 48.5 Å². The zero-order valence-electron chi connectivity index (χ0n) is 8.53. The number of rotatable bonds is 0. The van der Waals surface area contributed by atoms with Crippen LogP contribution in [0, 0.1) is 0 Å². The second-order valence-corrected chi connectivity index (χ2v) is 5.81. The number of fused-ring (bicyclic) bond motifs is 2. The van der Waals surface area contributed by atoms with Crippen molar-refractivity contribution in [3.63, 3.8) is 0 Å². The van der Waals surface area contributed by atoms with Crippen LogP contribution in [-0.4, -0.2) is 11.1 Å². The van der Waals surface area contributed by atoms with E-state index < -0.39 is 0 Å². The molecule has 0 aliphatic carbocycles. The van der Waals surface area contributed by atoms with Crippen LogP contribution in [0.5, 0.6) is 0 Å². The van der Waals surface area contributed by atoms with Crippen molar-refractivity contribution in [3.05, 3.63) is 48.5 Å². The lowest BCUT2D eigenvalue weighted by Crippen LogP contribution is -2.64. The average Bonchev–Trinajstić information content (AvgIpc) is 2.36. The zero-order valence-corrected chi connectivity index (χ0v) is 11.7. The van der Waals surface area contributed by atoms with Crippen molar-refractivity contribution in [2.45, 2.75) is 0 Å². The van der Waals surface area contributed by atoms with Crippen LogP contribution < -0.4 is 21.9 Å². The molecule has 16 heavy (non-hydrogen) atoms. The van der Waals surface area contributed by atoms with Gasteiger partial charge in [0.1, 0.15) is 0 Å². The van der Waals surface area contributed by atoms with E-state index in [1.165, 1.54) is 21.9 Å². The Morgan fingerprint density at radius 1 is 0.562 bits per heavy atom. The van der Waals surface area contributed by atoms with Gasteiger partial charge >= 0.3 is 0 Å². The normalized spacial score (nSPS) is 13.4. The largest absolute Gasteiger partial charge is 0.286 e. The number of hydrogen-bond acceptors (Lipinski definition) is 0. The van der Waals surface area contributed by atoms with E-state index in [-0.39, 0.29) is 0 Å². The van der Waals surface area contributed by atoms with Gasteiger partial charge in [-0.05, 0) is 0 Å². The zero-order chi connectivity index (χ0) is 11.1. The van der Waals surface area contributed by atoms with Gasteiger partial charge in [-0.3, -0.25) is 0 Å². The summed E-state index contributed by atoms with van der Waals surface area (Å²) in [5.41, 5.74) is 6.08. The van der Waals surface area contributed by atoms with E-state index in [9.17, 15) is 0 Å². The van der Waals surface area contributed by atoms with Crippen molar-refractivity contribution < 1.29 is 0 Å². The highest BCUT2D eigenvalue weighted by atomic mass is 79.9. The molecular formula is C12H8B2Br2. The Bertz CT molecular complexity index is 447. The van der Waals surface area contributed by atoms with Crippen molar-refractivity contribution in [1.29, 1.82) is 0 Å². The Hall–Kier alpha value is -0.470. The summed E-state index contributed by atoms with van der Waals surface area (Å²) < 4.78 is 0. The Morgan fingerprint density at radius 3 is 1.06 bits per heavy atom. The third-order valence-electron chi connectivity index (χ3n) is 3.08. The molecule has 1 aliphatic rings. The predicted molar refractivity (Wildman–Crippen MR) is 80.8 cm³/mol. The van der Waals surface area contributed by atoms with Crippen LogP contribution in [0.4, 0.5) is 0 Å². The molecule has 0 radical (unpaired) electrons. The molecule has 76 valence electrons. The molecule has 3 rings (SSSR count). The van der Waals surface area contributed by atoms with Crippen molar-refractivity contribution in [2.75, 3.05) is 0 Å². The topological polar surface area (TPSA) is 0 Å². The van der Waals surface area contributed by atoms with Gasteiger partial charge in [-0.15, -0.1) is 31.5 Å². The van der Waals surface area contributed by atoms with Gasteiger partial charge in [0.05, 0.1) is 0 Å². The number of hydrogen-bond donors (Lipinski definition) is 0. The first-order chi connectivity index (χ1) is 7.79. The first-order valence-corrected chi connectivity index (χ1v) is 7.08. The van der Waals surface area contributed by atoms with Gasteiger partial charge < -0.3 is 0 Å². The molecule has 0 unspecified atom stereocenters. The minimum atomic E-state index is 0.314. The summed E-state index contributed by atoms with van der Waals surface area (Å²) in [4.78, 5) is 0. The predicted octanol–water partition coefficient (Wildman–Crippen LogP) is 1.00. The van der Waals surface area contributed by atoms with Gasteiger partial charge in [-0.2, -0.15) is 0 Å². The highest BCUT2D eigenvalue weighted by Crippen LogP contribution is 2.06. The number of halogens is 2. The smallest absolute Gasteiger partial charge is 0.143 e. The molecule has 0 saturated carbocycles. The lowest BCUT2D eigenvalue weighted by Gasteiger charge is -2.25. The molecule has 0 aromatic heterocycles. The average molecular weight is 334 g/mol. The van der Waals surface area contributed by atoms with Crippen molar-refractivity contribution in [1.82, 2.24) is 0 Å². The molecule has 0 fully saturated rings. The van der Waals surface area contributed by atoms with E-state index in [0.29, 0.717) is 11.1 Å². The Balaban J connectivity index is 2.26. The third-order valence-corrected chi connectivity index (χ3v) is 5.06. The van der Waals surface area contributed by atoms with E-state index in [1.807, 2.05) is 0 Å². The SMILES string of the molecule is BrB1c2ccccc2B(Br)c2ccccc21. The van der Waals surface area contributed by atoms with Crippen LogP contribution in [0.2, 0.25) is 0 Å². The number of benzene rings is 2. The van der Waals surface area contributed by atoms with Gasteiger partial charge in [0.15, 0.2) is 0 Å². The molecule has 0 amide bonds. The molecule has 2 aromatic carbocycles. The summed E-state index contributed by atoms with van der Waals surface area (Å²) in [6, 6.07) is 17.2. The Labute approximate surface area is 113 Å². The quantitative estimate of drug-likeness (QED) is 0.631. The molecule has 0 bridgehead atoms. The van der Waals surface area contributed by atoms with Crippen molar-refractivity contribution >= 4 is 64.4 Å². The molecule has 1 heterocycles. The molecule has 0 spiro atoms. The molecule has 0 atom stereocenters. The highest BCUT2D eigenvalue weighted by Gasteiger charge is 2.33. The standard InChI is InChI=1S/C12H8B2Br2/c15-13-9-5-1-2-6-10(9)14(16)12-8-4-3-7-11(12)13/h1-8H. The van der Waals surface area contributed by atoms with Gasteiger partial charge in [-0.25, -0.2) is 0 Å². The summed E-state index contributed by atoms with van der Waals surface area (Å²) in [5, 5.41) is 0. The highest BCUT2D eigenvalue weighted by molar-refractivity contribution is 9.26. The monoisotopic (exact) mass is 332 g/mol. The summed E-state index contributed by atoms with van der Waals surface area (Å²) in [6.45, 7) is 0. The fourth-order valence-corrected chi connectivity index (χ4v) is 3.95. The third kappa shape index (κ3) is 1.51. The molecule has 1 aliphatic heterocycles. The van der Waals surface area contributed by atoms with Crippen LogP contribution in [-0.2, 0) is 0 Å². The van der Waals surface area contributed by atoms with E-state index in [4.69, 9.17) is 0 Å². The maximum absolute atomic E-state index is 3.79. The van der Waals surface area contributed by atoms with Crippen molar-refractivity contribution in [3.8, 4) is 0 Å². The molecule has 2 aromatic rings. The van der Waals surface area contributed by atoms with Gasteiger partial charge in [0, 0.05) is 0 Å². The maximum Gasteiger partial charge on any atom is 0.286 e. The van der Waals surface area contributed by atoms with Gasteiger partial charge in [0.25, 0.3) is 11.1 Å². The van der Waals surface area contributed by atoms with Gasteiger partial charge in [0.2, 0.25) is 0 Å². The molecule has 0 nitrogen and oxygen atoms in total. The lowest BCUT2D eigenvalue weighted by molar-refractivity contribution is 1.77. The van der Waals surface area contributed by atoms with Crippen LogP contribution >= 0.6 is 31.5 Å². The Morgan fingerprint density at radius 2 is 0.812 bits per heavy atom. The Kier molecular flexibility index (Phi) is 2.72. The maximum atomic E-state index is 3.79. The minimum absolute atomic E-state index is 0.314. The van der Waals surface area contributed by atoms with E-state index in [2.05, 4.69) is 80.0 Å². The van der Waals surface area contributed by atoms with E-state index >= 15 is 0 Å². The second-order valence-electron chi connectivity index (χ2n) is 3.98. The molecular weight excluding hydrogens is 326 g/mol. The lowest BCUT2D eigenvalue weighted by atomic mass is 9.43. The van der Waals surface area contributed by atoms with E-state index in [1.54, 1.807) is 0 Å². The van der Waals surface area contributed by atoms with Crippen LogP contribution in [0.1, 0.15) is 0 Å². The fraction of sp³-hybridized carbons (Fsp3) is 0. The fourth-order valence-electron chi connectivity index (χ4n) is 2.28. The summed E-state index contributed by atoms with van der Waals surface area (Å²) >= 11 is 7.58. The van der Waals surface area contributed by atoms with Crippen LogP contribution in [0.25, 0.3) is 0 Å². The van der Waals surface area contributed by atoms with Crippen molar-refractivity contribution in [2.24, 2.45) is 0 Å². The minimum Gasteiger partial charge on any atom is -0.143 e. The summed E-state index contributed by atoms with van der Waals surface area (Å²) in [5.74, 6) is 0. The second kappa shape index (κ2) is 4.08. The summed E-state index contributed by atoms with van der Waals surface area (Å²) in [7, 11) is 0. The molecule has 4 heteroatoms. The first kappa shape index (κ1) is 10.7. The summed E-state index contributed by atoms with van der Waals surface area (Å²) in [6.07, 6.45) is 0. The molecule has 0 saturated heterocycles.